The number of hydrogen-bond donors (Lipinski definition) is 3. The molecule has 0 atom stereocenters. The maximum absolute atomic E-state index is 13.0. The number of alkyl halides is 3. The van der Waals surface area contributed by atoms with E-state index in [2.05, 4.69) is 5.32 Å². The van der Waals surface area contributed by atoms with Crippen molar-refractivity contribution in [3.8, 4) is 0 Å². The molecule has 0 spiro atoms. The molecule has 1 amide bonds. The largest absolute Gasteiger partial charge is 0.416 e. The van der Waals surface area contributed by atoms with Gasteiger partial charge in [-0.15, -0.1) is 0 Å². The molecule has 0 unspecified atom stereocenters. The van der Waals surface area contributed by atoms with Crippen LogP contribution in [0.25, 0.3) is 0 Å². The van der Waals surface area contributed by atoms with Crippen molar-refractivity contribution in [1.29, 1.82) is 0 Å². The number of rotatable bonds is 6. The molecule has 0 aliphatic heterocycles. The second kappa shape index (κ2) is 7.85. The van der Waals surface area contributed by atoms with Crippen molar-refractivity contribution >= 4 is 17.3 Å². The van der Waals surface area contributed by atoms with Gasteiger partial charge in [-0.1, -0.05) is 20.8 Å². The number of nitrogens with zero attached hydrogens (tertiary/aromatic N) is 1. The number of halogens is 3. The Bertz CT molecular complexity index is 563. The minimum absolute atomic E-state index is 0.00773. The lowest BCUT2D eigenvalue weighted by atomic mass is 9.95. The van der Waals surface area contributed by atoms with Crippen LogP contribution in [-0.2, 0) is 11.0 Å². The van der Waals surface area contributed by atoms with Crippen molar-refractivity contribution in [3.63, 3.8) is 0 Å². The highest BCUT2D eigenvalue weighted by Crippen LogP contribution is 2.36. The minimum Gasteiger partial charge on any atom is -0.395 e. The van der Waals surface area contributed by atoms with Gasteiger partial charge < -0.3 is 20.4 Å². The van der Waals surface area contributed by atoms with Gasteiger partial charge in [0.25, 0.3) is 0 Å². The zero-order valence-electron chi connectivity index (χ0n) is 13.9. The molecule has 1 aromatic rings. The van der Waals surface area contributed by atoms with Crippen LogP contribution in [0, 0.1) is 5.41 Å². The molecule has 0 fully saturated rings. The van der Waals surface area contributed by atoms with Gasteiger partial charge in [0.05, 0.1) is 30.2 Å². The van der Waals surface area contributed by atoms with Crippen molar-refractivity contribution in [2.75, 3.05) is 36.5 Å². The number of amides is 1. The lowest BCUT2D eigenvalue weighted by molar-refractivity contribution is -0.137. The molecule has 0 aromatic heterocycles. The number of benzene rings is 1. The van der Waals surface area contributed by atoms with Crippen LogP contribution in [-0.4, -0.2) is 42.4 Å². The third-order valence-corrected chi connectivity index (χ3v) is 3.33. The average Bonchev–Trinajstić information content (AvgIpc) is 2.45. The monoisotopic (exact) mass is 348 g/mol. The molecule has 5 nitrogen and oxygen atoms in total. The summed E-state index contributed by atoms with van der Waals surface area (Å²) in [6.45, 7) is 4.69. The topological polar surface area (TPSA) is 72.8 Å². The number of hydrogen-bond acceptors (Lipinski definition) is 4. The average molecular weight is 348 g/mol. The van der Waals surface area contributed by atoms with Gasteiger partial charge in [0.2, 0.25) is 5.91 Å². The SMILES string of the molecule is CC(C)(C)C(=O)Nc1cc(C(F)(F)F)ccc1N(CCO)CCO. The molecule has 0 heterocycles. The van der Waals surface area contributed by atoms with E-state index in [0.29, 0.717) is 5.69 Å². The third kappa shape index (κ3) is 5.38. The molecule has 1 aromatic carbocycles. The van der Waals surface area contributed by atoms with E-state index in [1.807, 2.05) is 0 Å². The summed E-state index contributed by atoms with van der Waals surface area (Å²) < 4.78 is 38.9. The van der Waals surface area contributed by atoms with E-state index in [4.69, 9.17) is 10.2 Å². The van der Waals surface area contributed by atoms with Crippen molar-refractivity contribution in [2.45, 2.75) is 26.9 Å². The normalized spacial score (nSPS) is 12.2. The van der Waals surface area contributed by atoms with Crippen molar-refractivity contribution in [1.82, 2.24) is 0 Å². The molecule has 1 rings (SSSR count). The third-order valence-electron chi connectivity index (χ3n) is 3.33. The summed E-state index contributed by atoms with van der Waals surface area (Å²) >= 11 is 0. The predicted molar refractivity (Wildman–Crippen MR) is 85.9 cm³/mol. The first-order valence-electron chi connectivity index (χ1n) is 7.50. The van der Waals surface area contributed by atoms with Crippen LogP contribution < -0.4 is 10.2 Å². The highest BCUT2D eigenvalue weighted by molar-refractivity contribution is 5.97. The smallest absolute Gasteiger partial charge is 0.395 e. The van der Waals surface area contributed by atoms with E-state index in [-0.39, 0.29) is 32.0 Å². The predicted octanol–water partition coefficient (Wildman–Crippen LogP) is 2.48. The fourth-order valence-corrected chi connectivity index (χ4v) is 1.99. The van der Waals surface area contributed by atoms with Gasteiger partial charge in [0.1, 0.15) is 0 Å². The summed E-state index contributed by atoms with van der Waals surface area (Å²) in [7, 11) is 0. The molecule has 8 heteroatoms. The highest BCUT2D eigenvalue weighted by atomic mass is 19.4. The zero-order valence-corrected chi connectivity index (χ0v) is 13.9. The molecule has 24 heavy (non-hydrogen) atoms. The van der Waals surface area contributed by atoms with Crippen LogP contribution in [0.3, 0.4) is 0 Å². The van der Waals surface area contributed by atoms with Crippen LogP contribution in [0.4, 0.5) is 24.5 Å². The standard InChI is InChI=1S/C16H23F3N2O3/c1-15(2,3)14(24)20-12-10-11(16(17,18)19)4-5-13(12)21(6-8-22)7-9-23/h4-5,10,22-23H,6-9H2,1-3H3,(H,20,24). The van der Waals surface area contributed by atoms with E-state index in [0.717, 1.165) is 12.1 Å². The number of carbonyl (C=O) groups is 1. The lowest BCUT2D eigenvalue weighted by Crippen LogP contribution is -2.32. The van der Waals surface area contributed by atoms with Gasteiger partial charge in [-0.3, -0.25) is 4.79 Å². The first-order valence-corrected chi connectivity index (χ1v) is 7.50. The highest BCUT2D eigenvalue weighted by Gasteiger charge is 2.32. The summed E-state index contributed by atoms with van der Waals surface area (Å²) in [6, 6.07) is 3.00. The summed E-state index contributed by atoms with van der Waals surface area (Å²) in [5, 5.41) is 20.8. The van der Waals surface area contributed by atoms with Crippen LogP contribution in [0.15, 0.2) is 18.2 Å². The Hall–Kier alpha value is -1.80. The molecule has 0 aliphatic carbocycles. The molecule has 0 saturated carbocycles. The number of aliphatic hydroxyl groups is 2. The molecule has 0 radical (unpaired) electrons. The van der Waals surface area contributed by atoms with E-state index < -0.39 is 23.1 Å². The zero-order chi connectivity index (χ0) is 18.5. The molecular weight excluding hydrogens is 325 g/mol. The van der Waals surface area contributed by atoms with Crippen molar-refractivity contribution in [2.24, 2.45) is 5.41 Å². The summed E-state index contributed by atoms with van der Waals surface area (Å²) in [5.74, 6) is -0.434. The molecule has 0 saturated heterocycles. The minimum atomic E-state index is -4.54. The van der Waals surface area contributed by atoms with E-state index in [1.165, 1.54) is 11.0 Å². The maximum Gasteiger partial charge on any atom is 0.416 e. The van der Waals surface area contributed by atoms with Crippen LogP contribution in [0.5, 0.6) is 0 Å². The Morgan fingerprint density at radius 1 is 1.12 bits per heavy atom. The second-order valence-corrected chi connectivity index (χ2v) is 6.37. The van der Waals surface area contributed by atoms with Gasteiger partial charge in [0, 0.05) is 18.5 Å². The van der Waals surface area contributed by atoms with E-state index >= 15 is 0 Å². The molecular formula is C16H23F3N2O3. The maximum atomic E-state index is 13.0. The number of nitrogens with one attached hydrogen (secondary N) is 1. The summed E-state index contributed by atoms with van der Waals surface area (Å²) in [4.78, 5) is 13.7. The van der Waals surface area contributed by atoms with Gasteiger partial charge in [-0.05, 0) is 18.2 Å². The van der Waals surface area contributed by atoms with Crippen molar-refractivity contribution < 1.29 is 28.2 Å². The number of carbonyl (C=O) groups excluding carboxylic acids is 1. The van der Waals surface area contributed by atoms with Gasteiger partial charge in [-0.2, -0.15) is 13.2 Å². The van der Waals surface area contributed by atoms with Gasteiger partial charge in [-0.25, -0.2) is 0 Å². The van der Waals surface area contributed by atoms with E-state index in [1.54, 1.807) is 20.8 Å². The number of anilines is 2. The van der Waals surface area contributed by atoms with E-state index in [9.17, 15) is 18.0 Å². The Balaban J connectivity index is 3.33. The number of aliphatic hydroxyl groups excluding tert-OH is 2. The first kappa shape index (κ1) is 20.2. The van der Waals surface area contributed by atoms with Crippen LogP contribution in [0.1, 0.15) is 26.3 Å². The second-order valence-electron chi connectivity index (χ2n) is 6.37. The Morgan fingerprint density at radius 2 is 1.67 bits per heavy atom. The first-order chi connectivity index (χ1) is 11.0. The van der Waals surface area contributed by atoms with Crippen molar-refractivity contribution in [3.05, 3.63) is 23.8 Å². The van der Waals surface area contributed by atoms with Crippen LogP contribution in [0.2, 0.25) is 0 Å². The summed E-state index contributed by atoms with van der Waals surface area (Å²) in [6.07, 6.45) is -4.54. The molecule has 0 bridgehead atoms. The van der Waals surface area contributed by atoms with Gasteiger partial charge >= 0.3 is 6.18 Å². The van der Waals surface area contributed by atoms with Gasteiger partial charge in [0.15, 0.2) is 0 Å². The quantitative estimate of drug-likeness (QED) is 0.739. The van der Waals surface area contributed by atoms with Crippen LogP contribution >= 0.6 is 0 Å². The Kier molecular flexibility index (Phi) is 6.62. The molecule has 0 aliphatic rings. The lowest BCUT2D eigenvalue weighted by Gasteiger charge is -2.27. The fourth-order valence-electron chi connectivity index (χ4n) is 1.99. The Morgan fingerprint density at radius 3 is 2.08 bits per heavy atom. The molecule has 136 valence electrons. The molecule has 3 N–H and O–H groups in total. The fraction of sp³-hybridized carbons (Fsp3) is 0.562. The Labute approximate surface area is 139 Å². The summed E-state index contributed by atoms with van der Waals surface area (Å²) in [5.41, 5.74) is -1.37.